The van der Waals surface area contributed by atoms with Gasteiger partial charge in [-0.25, -0.2) is 4.79 Å². The Morgan fingerprint density at radius 3 is 2.28 bits per heavy atom. The Hall–Kier alpha value is -3.62. The summed E-state index contributed by atoms with van der Waals surface area (Å²) in [4.78, 5) is 36.2. The van der Waals surface area contributed by atoms with Crippen molar-refractivity contribution in [2.24, 2.45) is 0 Å². The molecule has 9 nitrogen and oxygen atoms in total. The molecule has 29 heavy (non-hydrogen) atoms. The molecule has 0 saturated heterocycles. The van der Waals surface area contributed by atoms with Crippen molar-refractivity contribution in [3.05, 3.63) is 63.7 Å². The third-order valence-electron chi connectivity index (χ3n) is 4.41. The minimum absolute atomic E-state index is 0.0582. The van der Waals surface area contributed by atoms with Crippen LogP contribution in [-0.2, 0) is 9.53 Å². The molecule has 0 radical (unpaired) electrons. The van der Waals surface area contributed by atoms with Crippen LogP contribution in [0.2, 0.25) is 0 Å². The van der Waals surface area contributed by atoms with Gasteiger partial charge in [-0.3, -0.25) is 14.9 Å². The molecule has 0 heterocycles. The average Bonchev–Trinajstić information content (AvgIpc) is 3.55. The summed E-state index contributed by atoms with van der Waals surface area (Å²) >= 11 is 0. The van der Waals surface area contributed by atoms with E-state index in [0.29, 0.717) is 5.56 Å². The van der Waals surface area contributed by atoms with Crippen LogP contribution in [0.4, 0.5) is 5.69 Å². The quantitative estimate of drug-likeness (QED) is 0.411. The molecule has 1 amide bonds. The van der Waals surface area contributed by atoms with E-state index in [2.05, 4.69) is 5.32 Å². The number of hydrogen-bond donors (Lipinski definition) is 1. The third-order valence-corrected chi connectivity index (χ3v) is 4.41. The Bertz CT molecular complexity index is 926. The fourth-order valence-electron chi connectivity index (χ4n) is 2.76. The molecule has 1 aliphatic carbocycles. The van der Waals surface area contributed by atoms with E-state index in [9.17, 15) is 19.7 Å². The lowest BCUT2D eigenvalue weighted by Gasteiger charge is -2.18. The Morgan fingerprint density at radius 2 is 1.72 bits per heavy atom. The normalized spacial score (nSPS) is 13.9. The van der Waals surface area contributed by atoms with Crippen molar-refractivity contribution in [1.29, 1.82) is 0 Å². The summed E-state index contributed by atoms with van der Waals surface area (Å²) in [6, 6.07) is 10.8. The van der Waals surface area contributed by atoms with E-state index in [1.807, 2.05) is 0 Å². The van der Waals surface area contributed by atoms with Gasteiger partial charge in [-0.15, -0.1) is 0 Å². The fourth-order valence-corrected chi connectivity index (χ4v) is 2.76. The van der Waals surface area contributed by atoms with Crippen molar-refractivity contribution >= 4 is 17.6 Å². The number of carbonyl (C=O) groups excluding carboxylic acids is 2. The minimum atomic E-state index is -1.24. The van der Waals surface area contributed by atoms with E-state index in [0.717, 1.165) is 18.9 Å². The first-order valence-corrected chi connectivity index (χ1v) is 8.91. The van der Waals surface area contributed by atoms with Gasteiger partial charge in [-0.1, -0.05) is 30.3 Å². The van der Waals surface area contributed by atoms with Crippen molar-refractivity contribution in [2.45, 2.75) is 25.0 Å². The number of methoxy groups -OCH3 is 2. The molecular weight excluding hydrogens is 380 g/mol. The molecule has 0 aromatic heterocycles. The van der Waals surface area contributed by atoms with Crippen LogP contribution in [0, 0.1) is 10.1 Å². The highest BCUT2D eigenvalue weighted by Gasteiger charge is 2.33. The Labute approximate surface area is 166 Å². The van der Waals surface area contributed by atoms with E-state index in [1.54, 1.807) is 30.3 Å². The highest BCUT2D eigenvalue weighted by Crippen LogP contribution is 2.35. The molecule has 9 heteroatoms. The minimum Gasteiger partial charge on any atom is -0.493 e. The van der Waals surface area contributed by atoms with Gasteiger partial charge in [0.2, 0.25) is 6.10 Å². The van der Waals surface area contributed by atoms with Gasteiger partial charge < -0.3 is 19.5 Å². The molecule has 1 fully saturated rings. The zero-order valence-electron chi connectivity index (χ0n) is 15.9. The lowest BCUT2D eigenvalue weighted by Crippen LogP contribution is -2.33. The standard InChI is InChI=1S/C20H20N2O7/c1-27-16-10-14(15(22(25)26)11-17(16)28-2)20(24)29-18(12-6-4-3-5-7-12)19(23)21-13-8-9-13/h3-7,10-11,13,18H,8-9H2,1-2H3,(H,21,23)/t18-/m0/s1. The molecule has 1 aliphatic rings. The number of amides is 1. The first-order valence-electron chi connectivity index (χ1n) is 8.91. The number of nitro groups is 1. The second-order valence-electron chi connectivity index (χ2n) is 6.46. The van der Waals surface area contributed by atoms with Gasteiger partial charge in [-0.05, 0) is 12.8 Å². The van der Waals surface area contributed by atoms with Gasteiger partial charge in [0.25, 0.3) is 11.6 Å². The maximum Gasteiger partial charge on any atom is 0.346 e. The van der Waals surface area contributed by atoms with Crippen LogP contribution in [0.3, 0.4) is 0 Å². The largest absolute Gasteiger partial charge is 0.493 e. The number of nitrogens with one attached hydrogen (secondary N) is 1. The highest BCUT2D eigenvalue weighted by atomic mass is 16.6. The molecule has 1 atom stereocenters. The molecule has 1 saturated carbocycles. The molecule has 0 unspecified atom stereocenters. The molecule has 0 spiro atoms. The third kappa shape index (κ3) is 4.63. The molecule has 1 N–H and O–H groups in total. The monoisotopic (exact) mass is 400 g/mol. The van der Waals surface area contributed by atoms with Crippen LogP contribution in [0.5, 0.6) is 11.5 Å². The molecule has 2 aromatic carbocycles. The first kappa shape index (κ1) is 20.1. The maximum absolute atomic E-state index is 12.8. The molecule has 3 rings (SSSR count). The highest BCUT2D eigenvalue weighted by molar-refractivity contribution is 5.97. The number of nitro benzene ring substituents is 1. The number of hydrogen-bond acceptors (Lipinski definition) is 7. The second kappa shape index (κ2) is 8.59. The first-order chi connectivity index (χ1) is 13.9. The maximum atomic E-state index is 12.8. The van der Waals surface area contributed by atoms with Crippen LogP contribution in [0.1, 0.15) is 34.9 Å². The number of rotatable bonds is 8. The van der Waals surface area contributed by atoms with Crippen LogP contribution in [0.25, 0.3) is 0 Å². The fraction of sp³-hybridized carbons (Fsp3) is 0.300. The summed E-state index contributed by atoms with van der Waals surface area (Å²) < 4.78 is 15.6. The summed E-state index contributed by atoms with van der Waals surface area (Å²) in [6.45, 7) is 0. The summed E-state index contributed by atoms with van der Waals surface area (Å²) in [5, 5.41) is 14.3. The van der Waals surface area contributed by atoms with Crippen molar-refractivity contribution in [3.8, 4) is 11.5 Å². The predicted octanol–water partition coefficient (Wildman–Crippen LogP) is 2.79. The van der Waals surface area contributed by atoms with E-state index >= 15 is 0 Å². The summed E-state index contributed by atoms with van der Waals surface area (Å²) in [6.07, 6.45) is 0.488. The second-order valence-corrected chi connectivity index (χ2v) is 6.46. The van der Waals surface area contributed by atoms with E-state index in [1.165, 1.54) is 20.3 Å². The van der Waals surface area contributed by atoms with Gasteiger partial charge in [0, 0.05) is 17.7 Å². The van der Waals surface area contributed by atoms with Crippen LogP contribution in [0.15, 0.2) is 42.5 Å². The molecule has 2 aromatic rings. The summed E-state index contributed by atoms with van der Waals surface area (Å²) in [5.41, 5.74) is -0.392. The number of benzene rings is 2. The Morgan fingerprint density at radius 1 is 1.10 bits per heavy atom. The number of esters is 1. The number of carbonyl (C=O) groups is 2. The van der Waals surface area contributed by atoms with E-state index in [-0.39, 0.29) is 23.1 Å². The average molecular weight is 400 g/mol. The van der Waals surface area contributed by atoms with Crippen molar-refractivity contribution in [3.63, 3.8) is 0 Å². The molecule has 0 aliphatic heterocycles. The predicted molar refractivity (Wildman–Crippen MR) is 102 cm³/mol. The van der Waals surface area contributed by atoms with Crippen molar-refractivity contribution in [1.82, 2.24) is 5.32 Å². The van der Waals surface area contributed by atoms with Gasteiger partial charge in [0.15, 0.2) is 11.5 Å². The summed E-state index contributed by atoms with van der Waals surface area (Å²) in [5.74, 6) is -1.27. The Balaban J connectivity index is 1.94. The van der Waals surface area contributed by atoms with Crippen molar-refractivity contribution < 1.29 is 28.7 Å². The SMILES string of the molecule is COc1cc(C(=O)O[C@H](C(=O)NC2CC2)c2ccccc2)c([N+](=O)[O-])cc1OC. The zero-order valence-corrected chi connectivity index (χ0v) is 15.9. The lowest BCUT2D eigenvalue weighted by molar-refractivity contribution is -0.385. The summed E-state index contributed by atoms with van der Waals surface area (Å²) in [7, 11) is 2.67. The molecular formula is C20H20N2O7. The molecule has 152 valence electrons. The van der Waals surface area contributed by atoms with Crippen molar-refractivity contribution in [2.75, 3.05) is 14.2 Å². The zero-order chi connectivity index (χ0) is 21.0. The van der Waals surface area contributed by atoms with E-state index in [4.69, 9.17) is 14.2 Å². The number of nitrogens with zero attached hydrogens (tertiary/aromatic N) is 1. The van der Waals surface area contributed by atoms with Crippen LogP contribution < -0.4 is 14.8 Å². The van der Waals surface area contributed by atoms with Gasteiger partial charge in [0.05, 0.1) is 25.2 Å². The lowest BCUT2D eigenvalue weighted by atomic mass is 10.1. The van der Waals surface area contributed by atoms with Gasteiger partial charge in [-0.2, -0.15) is 0 Å². The Kier molecular flexibility index (Phi) is 5.96. The van der Waals surface area contributed by atoms with Gasteiger partial charge in [0.1, 0.15) is 5.56 Å². The smallest absolute Gasteiger partial charge is 0.346 e. The molecule has 0 bridgehead atoms. The van der Waals surface area contributed by atoms with Gasteiger partial charge >= 0.3 is 5.97 Å². The van der Waals surface area contributed by atoms with E-state index < -0.39 is 28.6 Å². The number of ether oxygens (including phenoxy) is 3. The van der Waals surface area contributed by atoms with Crippen LogP contribution >= 0.6 is 0 Å². The topological polar surface area (TPSA) is 117 Å². The van der Waals surface area contributed by atoms with Crippen LogP contribution in [-0.4, -0.2) is 37.1 Å².